The van der Waals surface area contributed by atoms with E-state index in [0.29, 0.717) is 21.7 Å². The molecule has 0 fully saturated rings. The summed E-state index contributed by atoms with van der Waals surface area (Å²) >= 11 is 1.20. The van der Waals surface area contributed by atoms with Gasteiger partial charge in [0, 0.05) is 0 Å². The number of amides is 1. The van der Waals surface area contributed by atoms with E-state index < -0.39 is 0 Å². The highest BCUT2D eigenvalue weighted by molar-refractivity contribution is 7.99. The van der Waals surface area contributed by atoms with E-state index in [1.54, 1.807) is 22.9 Å². The molecule has 0 saturated heterocycles. The van der Waals surface area contributed by atoms with Crippen LogP contribution in [0.2, 0.25) is 0 Å². The normalized spacial score (nSPS) is 11.2. The lowest BCUT2D eigenvalue weighted by molar-refractivity contribution is -0.118. The van der Waals surface area contributed by atoms with Crippen LogP contribution in [0, 0.1) is 13.8 Å². The lowest BCUT2D eigenvalue weighted by Crippen LogP contribution is -2.24. The fourth-order valence-electron chi connectivity index (χ4n) is 3.12. The monoisotopic (exact) mass is 442 g/mol. The number of thioether (sulfide) groups is 1. The number of hydrogen-bond acceptors (Lipinski definition) is 5. The fraction of sp³-hybridized carbons (Fsp3) is 0.120. The number of para-hydroxylation sites is 1. The molecule has 4 rings (SSSR count). The second kappa shape index (κ2) is 9.62. The van der Waals surface area contributed by atoms with Crippen LogP contribution in [0.1, 0.15) is 16.7 Å². The van der Waals surface area contributed by atoms with E-state index in [2.05, 4.69) is 15.5 Å². The molecule has 1 heterocycles. The molecular formula is C25H22N4O2S. The average molecular weight is 443 g/mol. The number of carbonyl (C=O) groups is 1. The Morgan fingerprint density at radius 2 is 1.66 bits per heavy atom. The molecule has 0 saturated carbocycles. The number of aryl methyl sites for hydroxylation is 2. The van der Waals surface area contributed by atoms with Crippen molar-refractivity contribution < 1.29 is 4.79 Å². The number of rotatable bonds is 6. The summed E-state index contributed by atoms with van der Waals surface area (Å²) in [5.74, 6) is -0.210. The molecule has 160 valence electrons. The van der Waals surface area contributed by atoms with Crippen LogP contribution in [-0.4, -0.2) is 27.4 Å². The third kappa shape index (κ3) is 4.95. The second-order valence-corrected chi connectivity index (χ2v) is 8.32. The summed E-state index contributed by atoms with van der Waals surface area (Å²) in [6.45, 7) is 4.00. The molecule has 0 aliphatic heterocycles. The van der Waals surface area contributed by atoms with E-state index in [9.17, 15) is 9.59 Å². The molecule has 1 amide bonds. The summed E-state index contributed by atoms with van der Waals surface area (Å²) in [6, 6.07) is 22.7. The largest absolute Gasteiger partial charge is 0.272 e. The van der Waals surface area contributed by atoms with Gasteiger partial charge >= 0.3 is 0 Å². The Labute approximate surface area is 190 Å². The minimum atomic E-state index is -0.281. The van der Waals surface area contributed by atoms with Crippen molar-refractivity contribution in [3.8, 4) is 5.69 Å². The van der Waals surface area contributed by atoms with Crippen LogP contribution in [-0.2, 0) is 4.79 Å². The third-order valence-electron chi connectivity index (χ3n) is 4.85. The van der Waals surface area contributed by atoms with Crippen molar-refractivity contribution in [3.05, 3.63) is 99.8 Å². The van der Waals surface area contributed by atoms with Crippen molar-refractivity contribution in [3.63, 3.8) is 0 Å². The Morgan fingerprint density at radius 1 is 1.00 bits per heavy atom. The summed E-state index contributed by atoms with van der Waals surface area (Å²) in [5.41, 5.74) is 6.81. The zero-order chi connectivity index (χ0) is 22.5. The molecule has 0 aliphatic carbocycles. The molecule has 1 N–H and O–H groups in total. The maximum atomic E-state index is 13.2. The van der Waals surface area contributed by atoms with Gasteiger partial charge in [0.2, 0.25) is 0 Å². The van der Waals surface area contributed by atoms with Gasteiger partial charge in [-0.15, -0.1) is 0 Å². The summed E-state index contributed by atoms with van der Waals surface area (Å²) in [5, 5.41) is 5.00. The number of benzene rings is 3. The van der Waals surface area contributed by atoms with Crippen molar-refractivity contribution in [1.82, 2.24) is 15.0 Å². The maximum absolute atomic E-state index is 13.2. The lowest BCUT2D eigenvalue weighted by atomic mass is 10.2. The maximum Gasteiger partial charge on any atom is 0.266 e. The second-order valence-electron chi connectivity index (χ2n) is 7.38. The van der Waals surface area contributed by atoms with Gasteiger partial charge in [-0.2, -0.15) is 5.10 Å². The molecule has 32 heavy (non-hydrogen) atoms. The smallest absolute Gasteiger partial charge is 0.266 e. The summed E-state index contributed by atoms with van der Waals surface area (Å²) < 4.78 is 1.55. The highest BCUT2D eigenvalue weighted by atomic mass is 32.2. The van der Waals surface area contributed by atoms with Gasteiger partial charge in [0.25, 0.3) is 11.5 Å². The number of fused-ring (bicyclic) bond motifs is 1. The van der Waals surface area contributed by atoms with Gasteiger partial charge in [-0.1, -0.05) is 71.4 Å². The Balaban J connectivity index is 1.56. The molecule has 0 spiro atoms. The van der Waals surface area contributed by atoms with E-state index >= 15 is 0 Å². The van der Waals surface area contributed by atoms with Crippen molar-refractivity contribution >= 4 is 34.8 Å². The van der Waals surface area contributed by atoms with E-state index in [-0.39, 0.29) is 17.2 Å². The first-order valence-electron chi connectivity index (χ1n) is 10.1. The zero-order valence-corrected chi connectivity index (χ0v) is 18.6. The standard InChI is InChI=1S/C25H22N4O2S/c1-17-7-11-19(12-8-17)15-26-28-23(30)16-32-25-27-22-6-4-3-5-21(22)24(31)29(25)20-13-9-18(2)10-14-20/h3-15H,16H2,1-2H3,(H,28,30)/b26-15+. The summed E-state index contributed by atoms with van der Waals surface area (Å²) in [7, 11) is 0. The molecule has 3 aromatic carbocycles. The SMILES string of the molecule is Cc1ccc(/C=N/NC(=O)CSc2nc3ccccc3c(=O)n2-c2ccc(C)cc2)cc1. The first kappa shape index (κ1) is 21.5. The molecule has 6 nitrogen and oxygen atoms in total. The predicted octanol–water partition coefficient (Wildman–Crippen LogP) is 4.24. The molecule has 7 heteroatoms. The van der Waals surface area contributed by atoms with Crippen LogP contribution >= 0.6 is 11.8 Å². The van der Waals surface area contributed by atoms with Crippen molar-refractivity contribution in [2.75, 3.05) is 5.75 Å². The minimum absolute atomic E-state index is 0.0713. The van der Waals surface area contributed by atoms with Crippen LogP contribution < -0.4 is 11.0 Å². The Bertz CT molecular complexity index is 1340. The molecule has 0 aliphatic rings. The van der Waals surface area contributed by atoms with Crippen LogP contribution in [0.3, 0.4) is 0 Å². The van der Waals surface area contributed by atoms with Gasteiger partial charge in [-0.05, 0) is 43.7 Å². The molecule has 1 aromatic heterocycles. The Hall–Kier alpha value is -3.71. The first-order chi connectivity index (χ1) is 15.5. The molecule has 0 radical (unpaired) electrons. The van der Waals surface area contributed by atoms with Crippen molar-refractivity contribution in [2.45, 2.75) is 19.0 Å². The molecule has 0 unspecified atom stereocenters. The van der Waals surface area contributed by atoms with Crippen molar-refractivity contribution in [2.24, 2.45) is 5.10 Å². The zero-order valence-electron chi connectivity index (χ0n) is 17.8. The van der Waals surface area contributed by atoms with E-state index in [0.717, 1.165) is 16.7 Å². The van der Waals surface area contributed by atoms with Gasteiger partial charge in [-0.3, -0.25) is 14.2 Å². The lowest BCUT2D eigenvalue weighted by Gasteiger charge is -2.13. The van der Waals surface area contributed by atoms with Crippen LogP contribution in [0.15, 0.2) is 87.8 Å². The number of nitrogens with zero attached hydrogens (tertiary/aromatic N) is 3. The molecule has 4 aromatic rings. The first-order valence-corrected chi connectivity index (χ1v) is 11.1. The number of hydrogen-bond donors (Lipinski definition) is 1. The highest BCUT2D eigenvalue weighted by Gasteiger charge is 2.14. The molecular weight excluding hydrogens is 420 g/mol. The number of nitrogens with one attached hydrogen (secondary N) is 1. The number of aromatic nitrogens is 2. The topological polar surface area (TPSA) is 76.3 Å². The quantitative estimate of drug-likeness (QED) is 0.210. The van der Waals surface area contributed by atoms with Crippen LogP contribution in [0.25, 0.3) is 16.6 Å². The van der Waals surface area contributed by atoms with Crippen molar-refractivity contribution in [1.29, 1.82) is 0 Å². The van der Waals surface area contributed by atoms with Gasteiger partial charge in [0.15, 0.2) is 5.16 Å². The Kier molecular flexibility index (Phi) is 6.47. The average Bonchev–Trinajstić information content (AvgIpc) is 2.80. The van der Waals surface area contributed by atoms with Gasteiger partial charge in [-0.25, -0.2) is 10.4 Å². The van der Waals surface area contributed by atoms with Gasteiger partial charge in [0.05, 0.1) is 28.6 Å². The Morgan fingerprint density at radius 3 is 2.38 bits per heavy atom. The molecule has 0 bridgehead atoms. The van der Waals surface area contributed by atoms with E-state index in [1.165, 1.54) is 11.8 Å². The van der Waals surface area contributed by atoms with Gasteiger partial charge < -0.3 is 0 Å². The van der Waals surface area contributed by atoms with E-state index in [4.69, 9.17) is 0 Å². The van der Waals surface area contributed by atoms with E-state index in [1.807, 2.05) is 74.5 Å². The highest BCUT2D eigenvalue weighted by Crippen LogP contribution is 2.21. The van der Waals surface area contributed by atoms with Crippen LogP contribution in [0.4, 0.5) is 0 Å². The predicted molar refractivity (Wildman–Crippen MR) is 130 cm³/mol. The summed E-state index contributed by atoms with van der Waals surface area (Å²) in [4.78, 5) is 30.2. The van der Waals surface area contributed by atoms with Crippen LogP contribution in [0.5, 0.6) is 0 Å². The minimum Gasteiger partial charge on any atom is -0.272 e. The molecule has 0 atom stereocenters. The van der Waals surface area contributed by atoms with Gasteiger partial charge in [0.1, 0.15) is 0 Å². The number of carbonyl (C=O) groups excluding carboxylic acids is 1. The fourth-order valence-corrected chi connectivity index (χ4v) is 3.93. The number of hydrazone groups is 1. The third-order valence-corrected chi connectivity index (χ3v) is 5.79. The summed E-state index contributed by atoms with van der Waals surface area (Å²) in [6.07, 6.45) is 1.60.